The number of hydrogen-bond acceptors (Lipinski definition) is 2. The van der Waals surface area contributed by atoms with Crippen LogP contribution in [0.5, 0.6) is 0 Å². The molecular weight excluding hydrogens is 260 g/mol. The molecule has 0 aliphatic heterocycles. The second-order valence-corrected chi connectivity index (χ2v) is 5.34. The Hall–Kier alpha value is -2.29. The third kappa shape index (κ3) is 4.09. The van der Waals surface area contributed by atoms with E-state index in [4.69, 9.17) is 5.73 Å². The van der Waals surface area contributed by atoms with Gasteiger partial charge in [-0.05, 0) is 42.7 Å². The first kappa shape index (κ1) is 15.1. The van der Waals surface area contributed by atoms with Crippen LogP contribution in [0.2, 0.25) is 0 Å². The van der Waals surface area contributed by atoms with Gasteiger partial charge in [0.05, 0.1) is 0 Å². The molecule has 2 rings (SSSR count). The molecule has 0 aliphatic rings. The van der Waals surface area contributed by atoms with Crippen molar-refractivity contribution >= 4 is 11.6 Å². The van der Waals surface area contributed by atoms with Crippen molar-refractivity contribution in [3.05, 3.63) is 65.2 Å². The van der Waals surface area contributed by atoms with Gasteiger partial charge >= 0.3 is 0 Å². The van der Waals surface area contributed by atoms with Gasteiger partial charge in [-0.2, -0.15) is 0 Å². The van der Waals surface area contributed by atoms with Crippen LogP contribution < -0.4 is 5.73 Å². The van der Waals surface area contributed by atoms with Gasteiger partial charge in [-0.25, -0.2) is 0 Å². The van der Waals surface area contributed by atoms with Crippen molar-refractivity contribution < 1.29 is 4.79 Å². The second-order valence-electron chi connectivity index (χ2n) is 5.34. The molecule has 2 aromatic carbocycles. The Morgan fingerprint density at radius 2 is 1.86 bits per heavy atom. The van der Waals surface area contributed by atoms with Gasteiger partial charge in [-0.3, -0.25) is 4.79 Å². The molecule has 0 unspecified atom stereocenters. The highest BCUT2D eigenvalue weighted by Crippen LogP contribution is 2.15. The minimum absolute atomic E-state index is 0.0381. The summed E-state index contributed by atoms with van der Waals surface area (Å²) in [5.74, 6) is 0.0381. The smallest absolute Gasteiger partial charge is 0.254 e. The average Bonchev–Trinajstić information content (AvgIpc) is 2.46. The Balaban J connectivity index is 2.22. The molecular formula is C18H22N2O. The molecule has 1 amide bonds. The van der Waals surface area contributed by atoms with Crippen molar-refractivity contribution in [2.45, 2.75) is 26.8 Å². The zero-order chi connectivity index (χ0) is 15.2. The number of anilines is 1. The van der Waals surface area contributed by atoms with E-state index in [1.807, 2.05) is 54.3 Å². The van der Waals surface area contributed by atoms with Crippen LogP contribution in [0.1, 0.15) is 34.8 Å². The molecule has 0 heterocycles. The lowest BCUT2D eigenvalue weighted by Crippen LogP contribution is -2.31. The van der Waals surface area contributed by atoms with Crippen molar-refractivity contribution in [3.63, 3.8) is 0 Å². The maximum atomic E-state index is 12.7. The van der Waals surface area contributed by atoms with E-state index in [2.05, 4.69) is 6.92 Å². The molecule has 0 atom stereocenters. The van der Waals surface area contributed by atoms with Crippen molar-refractivity contribution in [2.75, 3.05) is 12.3 Å². The van der Waals surface area contributed by atoms with Gasteiger partial charge in [0.2, 0.25) is 0 Å². The number of carbonyl (C=O) groups is 1. The van der Waals surface area contributed by atoms with Crippen molar-refractivity contribution in [2.24, 2.45) is 0 Å². The Morgan fingerprint density at radius 3 is 2.48 bits per heavy atom. The number of benzene rings is 2. The van der Waals surface area contributed by atoms with Crippen LogP contribution in [-0.4, -0.2) is 17.4 Å². The summed E-state index contributed by atoms with van der Waals surface area (Å²) in [4.78, 5) is 14.6. The number of nitrogen functional groups attached to an aromatic ring is 1. The van der Waals surface area contributed by atoms with E-state index in [0.717, 1.165) is 24.1 Å². The average molecular weight is 282 g/mol. The van der Waals surface area contributed by atoms with Gasteiger partial charge in [-0.15, -0.1) is 0 Å². The van der Waals surface area contributed by atoms with Gasteiger partial charge in [0.25, 0.3) is 5.91 Å². The fraction of sp³-hybridized carbons (Fsp3) is 0.278. The van der Waals surface area contributed by atoms with Gasteiger partial charge in [0.15, 0.2) is 0 Å². The van der Waals surface area contributed by atoms with Crippen molar-refractivity contribution in [1.29, 1.82) is 0 Å². The first-order chi connectivity index (χ1) is 10.1. The van der Waals surface area contributed by atoms with Crippen molar-refractivity contribution in [3.8, 4) is 0 Å². The van der Waals surface area contributed by atoms with Crippen LogP contribution in [-0.2, 0) is 6.54 Å². The quantitative estimate of drug-likeness (QED) is 0.851. The highest BCUT2D eigenvalue weighted by molar-refractivity contribution is 5.95. The summed E-state index contributed by atoms with van der Waals surface area (Å²) >= 11 is 0. The third-order valence-electron chi connectivity index (χ3n) is 3.34. The molecule has 2 N–H and O–H groups in total. The summed E-state index contributed by atoms with van der Waals surface area (Å²) in [6.45, 7) is 5.40. The van der Waals surface area contributed by atoms with Gasteiger partial charge in [0, 0.05) is 24.3 Å². The largest absolute Gasteiger partial charge is 0.399 e. The first-order valence-electron chi connectivity index (χ1n) is 7.30. The van der Waals surface area contributed by atoms with E-state index < -0.39 is 0 Å². The predicted octanol–water partition coefficient (Wildman–Crippen LogP) is 3.63. The molecule has 110 valence electrons. The van der Waals surface area contributed by atoms with E-state index >= 15 is 0 Å². The maximum absolute atomic E-state index is 12.7. The Labute approximate surface area is 126 Å². The standard InChI is InChI=1S/C18H22N2O/c1-3-9-20(13-15-7-5-4-6-8-15)18(21)16-10-14(2)11-17(19)12-16/h4-8,10-12H,3,9,13,19H2,1-2H3. The minimum Gasteiger partial charge on any atom is -0.399 e. The number of hydrogen-bond donors (Lipinski definition) is 1. The Morgan fingerprint density at radius 1 is 1.14 bits per heavy atom. The van der Waals surface area contributed by atoms with Crippen LogP contribution in [0.15, 0.2) is 48.5 Å². The first-order valence-corrected chi connectivity index (χ1v) is 7.30. The number of amides is 1. The van der Waals surface area contributed by atoms with E-state index in [9.17, 15) is 4.79 Å². The summed E-state index contributed by atoms with van der Waals surface area (Å²) in [6.07, 6.45) is 0.930. The molecule has 0 aromatic heterocycles. The van der Waals surface area contributed by atoms with Crippen LogP contribution in [0.4, 0.5) is 5.69 Å². The summed E-state index contributed by atoms with van der Waals surface area (Å²) in [6, 6.07) is 15.6. The zero-order valence-electron chi connectivity index (χ0n) is 12.7. The number of nitrogens with two attached hydrogens (primary N) is 1. The normalized spacial score (nSPS) is 10.4. The van der Waals surface area contributed by atoms with Crippen molar-refractivity contribution in [1.82, 2.24) is 4.90 Å². The van der Waals surface area contributed by atoms with E-state index in [1.165, 1.54) is 0 Å². The van der Waals surface area contributed by atoms with Gasteiger partial charge < -0.3 is 10.6 Å². The lowest BCUT2D eigenvalue weighted by atomic mass is 10.1. The number of carbonyl (C=O) groups excluding carboxylic acids is 1. The highest BCUT2D eigenvalue weighted by Gasteiger charge is 2.16. The molecule has 0 bridgehead atoms. The van der Waals surface area contributed by atoms with E-state index in [0.29, 0.717) is 17.8 Å². The van der Waals surface area contributed by atoms with E-state index in [-0.39, 0.29) is 5.91 Å². The maximum Gasteiger partial charge on any atom is 0.254 e. The Bertz CT molecular complexity index is 588. The van der Waals surface area contributed by atoms with Gasteiger partial charge in [0.1, 0.15) is 0 Å². The molecule has 3 heteroatoms. The summed E-state index contributed by atoms with van der Waals surface area (Å²) < 4.78 is 0. The zero-order valence-corrected chi connectivity index (χ0v) is 12.7. The topological polar surface area (TPSA) is 46.3 Å². The summed E-state index contributed by atoms with van der Waals surface area (Å²) in [5, 5.41) is 0. The van der Waals surface area contributed by atoms with Gasteiger partial charge in [-0.1, -0.05) is 37.3 Å². The fourth-order valence-electron chi connectivity index (χ4n) is 2.44. The molecule has 0 saturated heterocycles. The fourth-order valence-corrected chi connectivity index (χ4v) is 2.44. The third-order valence-corrected chi connectivity index (χ3v) is 3.34. The summed E-state index contributed by atoms with van der Waals surface area (Å²) in [5.41, 5.74) is 9.30. The molecule has 0 saturated carbocycles. The molecule has 0 spiro atoms. The second kappa shape index (κ2) is 6.93. The van der Waals surface area contributed by atoms with Crippen LogP contribution in [0.25, 0.3) is 0 Å². The number of nitrogens with zero attached hydrogens (tertiary/aromatic N) is 1. The molecule has 0 aliphatic carbocycles. The SMILES string of the molecule is CCCN(Cc1ccccc1)C(=O)c1cc(C)cc(N)c1. The molecule has 3 nitrogen and oxygen atoms in total. The predicted molar refractivity (Wildman–Crippen MR) is 87.1 cm³/mol. The van der Waals surface area contributed by atoms with E-state index in [1.54, 1.807) is 6.07 Å². The Kier molecular flexibility index (Phi) is 4.99. The molecule has 2 aromatic rings. The minimum atomic E-state index is 0.0381. The van der Waals surface area contributed by atoms with Crippen LogP contribution in [0.3, 0.4) is 0 Å². The lowest BCUT2D eigenvalue weighted by molar-refractivity contribution is 0.0743. The summed E-state index contributed by atoms with van der Waals surface area (Å²) in [7, 11) is 0. The monoisotopic (exact) mass is 282 g/mol. The highest BCUT2D eigenvalue weighted by atomic mass is 16.2. The molecule has 21 heavy (non-hydrogen) atoms. The number of rotatable bonds is 5. The van der Waals surface area contributed by atoms with Crippen LogP contribution in [0, 0.1) is 6.92 Å². The lowest BCUT2D eigenvalue weighted by Gasteiger charge is -2.22. The van der Waals surface area contributed by atoms with Crippen LogP contribution >= 0.6 is 0 Å². The molecule has 0 fully saturated rings. The number of aryl methyl sites for hydroxylation is 1. The molecule has 0 radical (unpaired) electrons.